The Kier molecular flexibility index (Phi) is 3.97. The number of hydroxylamine groups is 1. The summed E-state index contributed by atoms with van der Waals surface area (Å²) in [6.45, 7) is 7.30. The van der Waals surface area contributed by atoms with Crippen LogP contribution in [-0.4, -0.2) is 12.6 Å². The lowest BCUT2D eigenvalue weighted by Crippen LogP contribution is -2.41. The van der Waals surface area contributed by atoms with Gasteiger partial charge in [-0.1, -0.05) is 26.7 Å². The highest BCUT2D eigenvalue weighted by Crippen LogP contribution is 2.38. The first-order chi connectivity index (χ1) is 6.55. The van der Waals surface area contributed by atoms with Gasteiger partial charge in [0.05, 0.1) is 0 Å². The third-order valence-corrected chi connectivity index (χ3v) is 3.08. The van der Waals surface area contributed by atoms with Crippen molar-refractivity contribution in [1.82, 2.24) is 5.48 Å². The summed E-state index contributed by atoms with van der Waals surface area (Å²) in [6, 6.07) is 0.469. The van der Waals surface area contributed by atoms with E-state index in [1.165, 1.54) is 19.3 Å². The van der Waals surface area contributed by atoms with E-state index in [-0.39, 0.29) is 0 Å². The van der Waals surface area contributed by atoms with Crippen LogP contribution < -0.4 is 5.48 Å². The molecule has 0 aliphatic heterocycles. The van der Waals surface area contributed by atoms with Crippen LogP contribution >= 0.6 is 0 Å². The molecule has 0 aromatic carbocycles. The highest BCUT2D eigenvalue weighted by Gasteiger charge is 2.32. The molecule has 0 saturated heterocycles. The second-order valence-electron chi connectivity index (χ2n) is 5.10. The average molecular weight is 195 g/mol. The Morgan fingerprint density at radius 1 is 1.57 bits per heavy atom. The lowest BCUT2D eigenvalue weighted by atomic mass is 9.71. The molecule has 0 heterocycles. The summed E-state index contributed by atoms with van der Waals surface area (Å²) >= 11 is 0. The van der Waals surface area contributed by atoms with E-state index in [1.807, 2.05) is 0 Å². The lowest BCUT2D eigenvalue weighted by Gasteiger charge is -2.39. The molecule has 1 fully saturated rings. The number of hydrogen-bond acceptors (Lipinski definition) is 2. The molecule has 2 unspecified atom stereocenters. The average Bonchev–Trinajstić information content (AvgIpc) is 2.08. The van der Waals surface area contributed by atoms with E-state index in [2.05, 4.69) is 32.2 Å². The SMILES string of the molecule is C#CCONC1CCC(C)(C)CC1C. The van der Waals surface area contributed by atoms with Gasteiger partial charge in [0.25, 0.3) is 0 Å². The fourth-order valence-electron chi connectivity index (χ4n) is 2.31. The largest absolute Gasteiger partial charge is 0.289 e. The minimum atomic E-state index is 0.354. The molecular weight excluding hydrogens is 174 g/mol. The molecule has 0 bridgehead atoms. The minimum absolute atomic E-state index is 0.354. The lowest BCUT2D eigenvalue weighted by molar-refractivity contribution is -0.00414. The van der Waals surface area contributed by atoms with Crippen LogP contribution in [0.5, 0.6) is 0 Å². The van der Waals surface area contributed by atoms with E-state index in [9.17, 15) is 0 Å². The van der Waals surface area contributed by atoms with Gasteiger partial charge in [-0.25, -0.2) is 0 Å². The first-order valence-electron chi connectivity index (χ1n) is 5.36. The van der Waals surface area contributed by atoms with Crippen LogP contribution in [0.1, 0.15) is 40.0 Å². The van der Waals surface area contributed by atoms with E-state index in [0.29, 0.717) is 24.0 Å². The third-order valence-electron chi connectivity index (χ3n) is 3.08. The van der Waals surface area contributed by atoms with E-state index in [4.69, 9.17) is 11.3 Å². The van der Waals surface area contributed by atoms with Gasteiger partial charge in [-0.15, -0.1) is 6.42 Å². The highest BCUT2D eigenvalue weighted by atomic mass is 16.6. The maximum Gasteiger partial charge on any atom is 0.128 e. The number of hydrogen-bond donors (Lipinski definition) is 1. The Balaban J connectivity index is 2.32. The fourth-order valence-corrected chi connectivity index (χ4v) is 2.31. The summed E-state index contributed by atoms with van der Waals surface area (Å²) in [5, 5.41) is 0. The molecule has 0 spiro atoms. The minimum Gasteiger partial charge on any atom is -0.289 e. The quantitative estimate of drug-likeness (QED) is 0.424. The van der Waals surface area contributed by atoms with Crippen LogP contribution in [0.3, 0.4) is 0 Å². The van der Waals surface area contributed by atoms with Gasteiger partial charge in [0, 0.05) is 6.04 Å². The van der Waals surface area contributed by atoms with Crippen LogP contribution in [0.4, 0.5) is 0 Å². The monoisotopic (exact) mass is 195 g/mol. The van der Waals surface area contributed by atoms with Crippen LogP contribution in [0, 0.1) is 23.7 Å². The van der Waals surface area contributed by atoms with E-state index < -0.39 is 0 Å². The van der Waals surface area contributed by atoms with Gasteiger partial charge >= 0.3 is 0 Å². The third kappa shape index (κ3) is 3.32. The van der Waals surface area contributed by atoms with E-state index >= 15 is 0 Å². The Morgan fingerprint density at radius 3 is 2.86 bits per heavy atom. The summed E-state index contributed by atoms with van der Waals surface area (Å²) < 4.78 is 0. The summed E-state index contributed by atoms with van der Waals surface area (Å²) in [6.07, 6.45) is 8.80. The van der Waals surface area contributed by atoms with Crippen molar-refractivity contribution in [2.75, 3.05) is 6.61 Å². The van der Waals surface area contributed by atoms with Crippen molar-refractivity contribution in [2.45, 2.75) is 46.1 Å². The molecule has 2 heteroatoms. The second kappa shape index (κ2) is 4.82. The number of nitrogens with one attached hydrogen (secondary N) is 1. The molecule has 0 aromatic heterocycles. The number of rotatable bonds is 3. The van der Waals surface area contributed by atoms with E-state index in [0.717, 1.165) is 0 Å². The molecule has 0 aromatic rings. The smallest absolute Gasteiger partial charge is 0.128 e. The molecule has 1 N–H and O–H groups in total. The van der Waals surface area contributed by atoms with Crippen molar-refractivity contribution in [1.29, 1.82) is 0 Å². The molecule has 2 nitrogen and oxygen atoms in total. The van der Waals surface area contributed by atoms with Crippen LogP contribution in [0.15, 0.2) is 0 Å². The van der Waals surface area contributed by atoms with Crippen molar-refractivity contribution in [3.63, 3.8) is 0 Å². The predicted octanol–water partition coefficient (Wildman–Crippen LogP) is 2.36. The van der Waals surface area contributed by atoms with Gasteiger partial charge in [0.15, 0.2) is 0 Å². The Hall–Kier alpha value is -0.520. The van der Waals surface area contributed by atoms with Gasteiger partial charge in [-0.05, 0) is 30.6 Å². The van der Waals surface area contributed by atoms with Crippen molar-refractivity contribution in [3.05, 3.63) is 0 Å². The zero-order chi connectivity index (χ0) is 10.6. The van der Waals surface area contributed by atoms with Crippen molar-refractivity contribution >= 4 is 0 Å². The van der Waals surface area contributed by atoms with Crippen molar-refractivity contribution < 1.29 is 4.84 Å². The topological polar surface area (TPSA) is 21.3 Å². The van der Waals surface area contributed by atoms with Gasteiger partial charge in [0.1, 0.15) is 6.61 Å². The summed E-state index contributed by atoms with van der Waals surface area (Å²) in [7, 11) is 0. The van der Waals surface area contributed by atoms with Crippen LogP contribution in [0.25, 0.3) is 0 Å². The van der Waals surface area contributed by atoms with Gasteiger partial charge in [-0.3, -0.25) is 4.84 Å². The van der Waals surface area contributed by atoms with Gasteiger partial charge in [0.2, 0.25) is 0 Å². The first kappa shape index (κ1) is 11.6. The summed E-state index contributed by atoms with van der Waals surface area (Å²) in [4.78, 5) is 5.17. The molecule has 1 rings (SSSR count). The van der Waals surface area contributed by atoms with Gasteiger partial charge < -0.3 is 0 Å². The summed E-state index contributed by atoms with van der Waals surface area (Å²) in [5.41, 5.74) is 3.56. The fraction of sp³-hybridized carbons (Fsp3) is 0.833. The predicted molar refractivity (Wildman–Crippen MR) is 58.5 cm³/mol. The standard InChI is InChI=1S/C12H21NO/c1-5-8-14-13-11-6-7-12(3,4)9-10(11)2/h1,10-11,13H,6-9H2,2-4H3. The van der Waals surface area contributed by atoms with Crippen molar-refractivity contribution in [3.8, 4) is 12.3 Å². The molecule has 14 heavy (non-hydrogen) atoms. The molecule has 2 atom stereocenters. The Labute approximate surface area is 87.4 Å². The first-order valence-corrected chi connectivity index (χ1v) is 5.36. The maximum absolute atomic E-state index is 5.17. The zero-order valence-corrected chi connectivity index (χ0v) is 9.47. The molecule has 80 valence electrons. The molecule has 1 saturated carbocycles. The molecule has 0 amide bonds. The summed E-state index contributed by atoms with van der Waals surface area (Å²) in [5.74, 6) is 3.12. The maximum atomic E-state index is 5.17. The van der Waals surface area contributed by atoms with Crippen LogP contribution in [-0.2, 0) is 4.84 Å². The van der Waals surface area contributed by atoms with Crippen LogP contribution in [0.2, 0.25) is 0 Å². The van der Waals surface area contributed by atoms with E-state index in [1.54, 1.807) is 0 Å². The van der Waals surface area contributed by atoms with Crippen molar-refractivity contribution in [2.24, 2.45) is 11.3 Å². The number of terminal acetylenes is 1. The Bertz CT molecular complexity index is 217. The zero-order valence-electron chi connectivity index (χ0n) is 9.47. The highest BCUT2D eigenvalue weighted by molar-refractivity contribution is 4.86. The Morgan fingerprint density at radius 2 is 2.29 bits per heavy atom. The molecule has 1 aliphatic carbocycles. The molecular formula is C12H21NO. The molecule has 1 aliphatic rings. The molecule has 0 radical (unpaired) electrons. The second-order valence-corrected chi connectivity index (χ2v) is 5.10. The normalized spacial score (nSPS) is 31.0. The van der Waals surface area contributed by atoms with Gasteiger partial charge in [-0.2, -0.15) is 5.48 Å².